The third-order valence-corrected chi connectivity index (χ3v) is 4.83. The van der Waals surface area contributed by atoms with Gasteiger partial charge in [-0.15, -0.1) is 0 Å². The van der Waals surface area contributed by atoms with Crippen LogP contribution in [0.4, 0.5) is 0 Å². The topological polar surface area (TPSA) is 6.48 Å². The summed E-state index contributed by atoms with van der Waals surface area (Å²) in [7, 11) is 0. The van der Waals surface area contributed by atoms with Crippen LogP contribution in [0, 0.1) is 5.92 Å². The van der Waals surface area contributed by atoms with Gasteiger partial charge in [0.15, 0.2) is 0 Å². The summed E-state index contributed by atoms with van der Waals surface area (Å²) in [4.78, 5) is 5.53. The van der Waals surface area contributed by atoms with E-state index in [1.54, 1.807) is 0 Å². The quantitative estimate of drug-likeness (QED) is 0.723. The van der Waals surface area contributed by atoms with Gasteiger partial charge >= 0.3 is 0 Å². The van der Waals surface area contributed by atoms with Gasteiger partial charge in [-0.2, -0.15) is 0 Å². The van der Waals surface area contributed by atoms with Crippen molar-refractivity contribution in [1.29, 1.82) is 0 Å². The zero-order valence-electron chi connectivity index (χ0n) is 10.7. The van der Waals surface area contributed by atoms with Gasteiger partial charge in [0, 0.05) is 18.6 Å². The van der Waals surface area contributed by atoms with E-state index < -0.39 is 0 Å². The van der Waals surface area contributed by atoms with Crippen molar-refractivity contribution in [2.24, 2.45) is 5.92 Å². The van der Waals surface area contributed by atoms with Crippen LogP contribution < -0.4 is 0 Å². The number of hydrogen-bond acceptors (Lipinski definition) is 2. The first-order valence-corrected chi connectivity index (χ1v) is 7.31. The lowest BCUT2D eigenvalue weighted by Gasteiger charge is -2.30. The highest BCUT2D eigenvalue weighted by Crippen LogP contribution is 2.35. The smallest absolute Gasteiger partial charge is 0.0223 e. The van der Waals surface area contributed by atoms with E-state index in [0.717, 1.165) is 18.0 Å². The van der Waals surface area contributed by atoms with E-state index in [-0.39, 0.29) is 0 Å². The maximum absolute atomic E-state index is 2.79. The summed E-state index contributed by atoms with van der Waals surface area (Å²) in [6, 6.07) is 1.73. The van der Waals surface area contributed by atoms with Gasteiger partial charge in [-0.05, 0) is 58.2 Å². The normalized spacial score (nSPS) is 34.7. The largest absolute Gasteiger partial charge is 0.299 e. The van der Waals surface area contributed by atoms with Crippen molar-refractivity contribution in [2.45, 2.75) is 57.5 Å². The molecular formula is C14H26N2. The van der Waals surface area contributed by atoms with Crippen LogP contribution in [0.3, 0.4) is 0 Å². The minimum absolute atomic E-state index is 0.841. The van der Waals surface area contributed by atoms with Crippen molar-refractivity contribution < 1.29 is 0 Å². The second-order valence-electron chi connectivity index (χ2n) is 6.21. The molecule has 2 aliphatic heterocycles. The highest BCUT2D eigenvalue weighted by molar-refractivity contribution is 4.88. The first-order chi connectivity index (χ1) is 7.83. The van der Waals surface area contributed by atoms with Gasteiger partial charge in [0.2, 0.25) is 0 Å². The van der Waals surface area contributed by atoms with Crippen molar-refractivity contribution in [3.05, 3.63) is 0 Å². The highest BCUT2D eigenvalue weighted by atomic mass is 15.3. The Kier molecular flexibility index (Phi) is 3.21. The molecule has 3 fully saturated rings. The molecule has 0 bridgehead atoms. The van der Waals surface area contributed by atoms with Gasteiger partial charge < -0.3 is 0 Å². The fourth-order valence-corrected chi connectivity index (χ4v) is 3.62. The summed E-state index contributed by atoms with van der Waals surface area (Å²) in [5.41, 5.74) is 0. The van der Waals surface area contributed by atoms with E-state index in [2.05, 4.69) is 16.7 Å². The van der Waals surface area contributed by atoms with Gasteiger partial charge in [-0.25, -0.2) is 0 Å². The zero-order valence-corrected chi connectivity index (χ0v) is 10.7. The predicted octanol–water partition coefficient (Wildman–Crippen LogP) is 2.35. The average Bonchev–Trinajstić information content (AvgIpc) is 3.02. The number of rotatable bonds is 3. The third-order valence-electron chi connectivity index (χ3n) is 4.83. The number of nitrogens with zero attached hydrogens (tertiary/aromatic N) is 2. The van der Waals surface area contributed by atoms with Crippen molar-refractivity contribution in [1.82, 2.24) is 9.80 Å². The first-order valence-electron chi connectivity index (χ1n) is 7.31. The second kappa shape index (κ2) is 4.66. The van der Waals surface area contributed by atoms with Crippen molar-refractivity contribution in [2.75, 3.05) is 26.2 Å². The summed E-state index contributed by atoms with van der Waals surface area (Å²) in [5, 5.41) is 0. The molecule has 2 atom stereocenters. The maximum atomic E-state index is 2.79. The molecule has 0 aromatic heterocycles. The van der Waals surface area contributed by atoms with Gasteiger partial charge in [0.05, 0.1) is 0 Å². The van der Waals surface area contributed by atoms with Crippen molar-refractivity contribution >= 4 is 0 Å². The lowest BCUT2D eigenvalue weighted by molar-refractivity contribution is 0.171. The van der Waals surface area contributed by atoms with Crippen molar-refractivity contribution in [3.8, 4) is 0 Å². The molecule has 0 radical (unpaired) electrons. The van der Waals surface area contributed by atoms with E-state index >= 15 is 0 Å². The van der Waals surface area contributed by atoms with E-state index in [4.69, 9.17) is 0 Å². The maximum Gasteiger partial charge on any atom is 0.0223 e. The van der Waals surface area contributed by atoms with E-state index in [9.17, 15) is 0 Å². The Morgan fingerprint density at radius 3 is 2.69 bits per heavy atom. The molecule has 2 unspecified atom stereocenters. The van der Waals surface area contributed by atoms with Crippen LogP contribution >= 0.6 is 0 Å². The van der Waals surface area contributed by atoms with Gasteiger partial charge in [0.1, 0.15) is 0 Å². The third kappa shape index (κ3) is 2.43. The number of fused-ring (bicyclic) bond motifs is 1. The number of hydrogen-bond donors (Lipinski definition) is 0. The minimum Gasteiger partial charge on any atom is -0.299 e. The molecule has 3 aliphatic rings. The van der Waals surface area contributed by atoms with E-state index in [1.165, 1.54) is 64.7 Å². The summed E-state index contributed by atoms with van der Waals surface area (Å²) in [5.74, 6) is 1.08. The molecule has 92 valence electrons. The van der Waals surface area contributed by atoms with Gasteiger partial charge in [0.25, 0.3) is 0 Å². The average molecular weight is 222 g/mol. The Labute approximate surface area is 100.0 Å². The Hall–Kier alpha value is -0.0800. The van der Waals surface area contributed by atoms with Crippen LogP contribution in [-0.4, -0.2) is 48.1 Å². The molecule has 2 nitrogen and oxygen atoms in total. The summed E-state index contributed by atoms with van der Waals surface area (Å²) < 4.78 is 0. The summed E-state index contributed by atoms with van der Waals surface area (Å²) in [6.45, 7) is 7.89. The van der Waals surface area contributed by atoms with Crippen LogP contribution in [0.1, 0.15) is 45.4 Å². The lowest BCUT2D eigenvalue weighted by Crippen LogP contribution is -2.41. The van der Waals surface area contributed by atoms with Gasteiger partial charge in [-0.3, -0.25) is 9.80 Å². The Balaban J connectivity index is 1.56. The van der Waals surface area contributed by atoms with Crippen molar-refractivity contribution in [3.63, 3.8) is 0 Å². The minimum atomic E-state index is 0.841. The van der Waals surface area contributed by atoms with Gasteiger partial charge in [-0.1, -0.05) is 12.8 Å². The first kappa shape index (κ1) is 11.0. The molecule has 3 rings (SSSR count). The molecule has 16 heavy (non-hydrogen) atoms. The standard InChI is InChI=1S/C14H26N2/c1-12(10-13-5-6-13)16-9-3-8-15-7-2-4-14(15)11-16/h12-14H,2-11H2,1H3. The van der Waals surface area contributed by atoms with E-state index in [1.807, 2.05) is 0 Å². The molecule has 2 heteroatoms. The highest BCUT2D eigenvalue weighted by Gasteiger charge is 2.32. The molecule has 0 spiro atoms. The Morgan fingerprint density at radius 2 is 1.88 bits per heavy atom. The molecule has 0 aromatic rings. The van der Waals surface area contributed by atoms with Crippen LogP contribution in [-0.2, 0) is 0 Å². The molecule has 0 amide bonds. The Morgan fingerprint density at radius 1 is 1.06 bits per heavy atom. The fourth-order valence-electron chi connectivity index (χ4n) is 3.62. The van der Waals surface area contributed by atoms with Crippen LogP contribution in [0.5, 0.6) is 0 Å². The Bertz CT molecular complexity index is 237. The fraction of sp³-hybridized carbons (Fsp3) is 1.00. The SMILES string of the molecule is CC(CC1CC1)N1CCCN2CCCC2C1. The molecule has 1 aliphatic carbocycles. The molecule has 2 heterocycles. The predicted molar refractivity (Wildman–Crippen MR) is 67.6 cm³/mol. The summed E-state index contributed by atoms with van der Waals surface area (Å²) >= 11 is 0. The molecular weight excluding hydrogens is 196 g/mol. The summed E-state index contributed by atoms with van der Waals surface area (Å²) in [6.07, 6.45) is 8.77. The van der Waals surface area contributed by atoms with Crippen LogP contribution in [0.25, 0.3) is 0 Å². The molecule has 0 N–H and O–H groups in total. The molecule has 2 saturated heterocycles. The van der Waals surface area contributed by atoms with Crippen LogP contribution in [0.15, 0.2) is 0 Å². The zero-order chi connectivity index (χ0) is 11.0. The second-order valence-corrected chi connectivity index (χ2v) is 6.21. The van der Waals surface area contributed by atoms with E-state index in [0.29, 0.717) is 0 Å². The van der Waals surface area contributed by atoms with Crippen LogP contribution in [0.2, 0.25) is 0 Å². The monoisotopic (exact) mass is 222 g/mol. The molecule has 1 saturated carbocycles. The lowest BCUT2D eigenvalue weighted by atomic mass is 10.1. The molecule has 0 aromatic carbocycles.